The van der Waals surface area contributed by atoms with E-state index in [9.17, 15) is 0 Å². The summed E-state index contributed by atoms with van der Waals surface area (Å²) in [5.74, 6) is -0.0142. The molecular weight excluding hydrogens is 405 g/mol. The van der Waals surface area contributed by atoms with Crippen LogP contribution >= 0.6 is 0 Å². The molecule has 0 aliphatic carbocycles. The summed E-state index contributed by atoms with van der Waals surface area (Å²) in [4.78, 5) is 11.2. The van der Waals surface area contributed by atoms with Crippen molar-refractivity contribution in [2.75, 3.05) is 36.9 Å². The highest BCUT2D eigenvalue weighted by Gasteiger charge is 2.21. The average molecular weight is 432 g/mol. The van der Waals surface area contributed by atoms with Gasteiger partial charge in [0.2, 0.25) is 0 Å². The van der Waals surface area contributed by atoms with E-state index in [1.165, 1.54) is 11.8 Å². The lowest BCUT2D eigenvalue weighted by atomic mass is 9.95. The second kappa shape index (κ2) is 8.24. The van der Waals surface area contributed by atoms with Crippen molar-refractivity contribution in [3.8, 4) is 22.5 Å². The molecule has 2 aromatic carbocycles. The Morgan fingerprint density at radius 3 is 2.88 bits per heavy atom. The minimum absolute atomic E-state index is 0.201. The van der Waals surface area contributed by atoms with Crippen molar-refractivity contribution in [1.82, 2.24) is 15.3 Å². The summed E-state index contributed by atoms with van der Waals surface area (Å²) in [6, 6.07) is 11.5. The van der Waals surface area contributed by atoms with Crippen molar-refractivity contribution in [2.45, 2.75) is 19.4 Å². The predicted molar refractivity (Wildman–Crippen MR) is 126 cm³/mol. The fourth-order valence-electron chi connectivity index (χ4n) is 4.43. The number of hydrogen-bond donors (Lipinski definition) is 2. The number of morpholine rings is 1. The van der Waals surface area contributed by atoms with Crippen LogP contribution in [0.25, 0.3) is 28.2 Å². The number of halogens is 1. The second-order valence-corrected chi connectivity index (χ2v) is 8.30. The van der Waals surface area contributed by atoms with E-state index in [0.717, 1.165) is 42.0 Å². The van der Waals surface area contributed by atoms with Crippen LogP contribution in [0.1, 0.15) is 18.1 Å². The number of aromatic nitrogens is 2. The highest BCUT2D eigenvalue weighted by molar-refractivity contribution is 5.77. The summed E-state index contributed by atoms with van der Waals surface area (Å²) in [6.07, 6.45) is 2.42. The number of benzene rings is 2. The predicted octanol–water partition coefficient (Wildman–Crippen LogP) is 3.87. The first kappa shape index (κ1) is 20.5. The minimum atomic E-state index is -0.334. The van der Waals surface area contributed by atoms with Gasteiger partial charge in [0.1, 0.15) is 17.3 Å². The van der Waals surface area contributed by atoms with Crippen LogP contribution in [0.3, 0.4) is 0 Å². The molecule has 2 aliphatic heterocycles. The molecule has 0 unspecified atom stereocenters. The largest absolute Gasteiger partial charge is 0.385 e. The Hall–Kier alpha value is -3.45. The summed E-state index contributed by atoms with van der Waals surface area (Å²) in [5.41, 5.74) is 12.5. The van der Waals surface area contributed by atoms with Gasteiger partial charge < -0.3 is 20.7 Å². The number of rotatable bonds is 3. The molecule has 5 rings (SSSR count). The number of nitrogens with two attached hydrogens (primary N) is 1. The van der Waals surface area contributed by atoms with Gasteiger partial charge in [-0.05, 0) is 43.2 Å². The van der Waals surface area contributed by atoms with Gasteiger partial charge in [0.05, 0.1) is 25.1 Å². The van der Waals surface area contributed by atoms with E-state index in [-0.39, 0.29) is 11.9 Å². The van der Waals surface area contributed by atoms with Gasteiger partial charge in [0, 0.05) is 47.2 Å². The third kappa shape index (κ3) is 3.69. The number of hydrogen-bond acceptors (Lipinski definition) is 6. The molecule has 1 fully saturated rings. The lowest BCUT2D eigenvalue weighted by molar-refractivity contribution is 0.0989. The van der Waals surface area contributed by atoms with E-state index in [1.807, 2.05) is 18.2 Å². The SMILES string of the molecule is C=C1NCCc2cc(-c3nc(-c4ccc(N5CCOC[C@H]5C)cc4F)cnc3N)ccc21. The normalized spacial score (nSPS) is 18.2. The van der Waals surface area contributed by atoms with Crippen molar-refractivity contribution in [2.24, 2.45) is 0 Å². The second-order valence-electron chi connectivity index (χ2n) is 8.30. The standard InChI is InChI=1S/C25H26FN5O/c1-15-14-32-10-9-31(15)19-4-6-21(22(26)12-19)23-13-29-25(27)24(30-23)18-3-5-20-16(2)28-8-7-17(20)11-18/h3-6,11-13,15,28H,2,7-10,14H2,1H3,(H2,27,29)/t15-/m1/s1. The molecule has 3 N–H and O–H groups in total. The number of ether oxygens (including phenoxy) is 1. The van der Waals surface area contributed by atoms with E-state index in [2.05, 4.69) is 34.8 Å². The molecule has 3 heterocycles. The Balaban J connectivity index is 1.50. The van der Waals surface area contributed by atoms with Gasteiger partial charge in [-0.1, -0.05) is 18.7 Å². The molecule has 2 aliphatic rings. The number of nitrogens with zero attached hydrogens (tertiary/aromatic N) is 3. The zero-order valence-corrected chi connectivity index (χ0v) is 18.1. The molecule has 3 aromatic rings. The monoisotopic (exact) mass is 431 g/mol. The Morgan fingerprint density at radius 2 is 2.06 bits per heavy atom. The van der Waals surface area contributed by atoms with Gasteiger partial charge in [-0.15, -0.1) is 0 Å². The Morgan fingerprint density at radius 1 is 1.22 bits per heavy atom. The van der Waals surface area contributed by atoms with E-state index in [0.29, 0.717) is 36.0 Å². The minimum Gasteiger partial charge on any atom is -0.385 e. The number of nitrogens with one attached hydrogen (secondary N) is 1. The zero-order chi connectivity index (χ0) is 22.2. The first-order valence-electron chi connectivity index (χ1n) is 10.8. The zero-order valence-electron chi connectivity index (χ0n) is 18.1. The quantitative estimate of drug-likeness (QED) is 0.656. The summed E-state index contributed by atoms with van der Waals surface area (Å²) >= 11 is 0. The van der Waals surface area contributed by atoms with Gasteiger partial charge in [-0.25, -0.2) is 14.4 Å². The summed E-state index contributed by atoms with van der Waals surface area (Å²) in [6.45, 7) is 9.01. The summed E-state index contributed by atoms with van der Waals surface area (Å²) in [7, 11) is 0. The number of nitrogen functional groups attached to an aromatic ring is 1. The van der Waals surface area contributed by atoms with Crippen molar-refractivity contribution in [3.63, 3.8) is 0 Å². The third-order valence-electron chi connectivity index (χ3n) is 6.17. The maximum absolute atomic E-state index is 15.1. The third-order valence-corrected chi connectivity index (χ3v) is 6.17. The van der Waals surface area contributed by atoms with Gasteiger partial charge in [0.15, 0.2) is 0 Å². The molecule has 32 heavy (non-hydrogen) atoms. The fourth-order valence-corrected chi connectivity index (χ4v) is 4.43. The average Bonchev–Trinajstić information content (AvgIpc) is 2.80. The molecule has 7 heteroatoms. The molecule has 1 saturated heterocycles. The maximum atomic E-state index is 15.1. The lowest BCUT2D eigenvalue weighted by Crippen LogP contribution is -2.43. The van der Waals surface area contributed by atoms with Crippen LogP contribution in [0.4, 0.5) is 15.9 Å². The number of anilines is 2. The topological polar surface area (TPSA) is 76.3 Å². The van der Waals surface area contributed by atoms with Crippen LogP contribution in [-0.2, 0) is 11.2 Å². The van der Waals surface area contributed by atoms with Crippen LogP contribution in [0.2, 0.25) is 0 Å². The van der Waals surface area contributed by atoms with E-state index in [1.54, 1.807) is 12.1 Å². The van der Waals surface area contributed by atoms with E-state index in [4.69, 9.17) is 15.5 Å². The molecule has 6 nitrogen and oxygen atoms in total. The highest BCUT2D eigenvalue weighted by Crippen LogP contribution is 2.32. The fraction of sp³-hybridized carbons (Fsp3) is 0.280. The molecule has 0 radical (unpaired) electrons. The van der Waals surface area contributed by atoms with Crippen LogP contribution in [-0.4, -0.2) is 42.3 Å². The van der Waals surface area contributed by atoms with Crippen molar-refractivity contribution in [1.29, 1.82) is 0 Å². The van der Waals surface area contributed by atoms with Gasteiger partial charge in [-0.2, -0.15) is 0 Å². The van der Waals surface area contributed by atoms with Crippen LogP contribution in [0.5, 0.6) is 0 Å². The molecule has 1 aromatic heterocycles. The van der Waals surface area contributed by atoms with Crippen molar-refractivity contribution in [3.05, 3.63) is 66.1 Å². The highest BCUT2D eigenvalue weighted by atomic mass is 19.1. The summed E-state index contributed by atoms with van der Waals surface area (Å²) < 4.78 is 20.6. The smallest absolute Gasteiger partial charge is 0.150 e. The molecule has 0 amide bonds. The molecule has 0 bridgehead atoms. The van der Waals surface area contributed by atoms with E-state index < -0.39 is 0 Å². The van der Waals surface area contributed by atoms with Crippen molar-refractivity contribution >= 4 is 17.2 Å². The van der Waals surface area contributed by atoms with Crippen molar-refractivity contribution < 1.29 is 9.13 Å². The molecule has 164 valence electrons. The Labute approximate surface area is 186 Å². The summed E-state index contributed by atoms with van der Waals surface area (Å²) in [5, 5.41) is 3.28. The molecule has 0 spiro atoms. The Bertz CT molecular complexity index is 1190. The van der Waals surface area contributed by atoms with Gasteiger partial charge in [-0.3, -0.25) is 0 Å². The van der Waals surface area contributed by atoms with Gasteiger partial charge >= 0.3 is 0 Å². The number of fused-ring (bicyclic) bond motifs is 1. The first-order valence-corrected chi connectivity index (χ1v) is 10.8. The lowest BCUT2D eigenvalue weighted by Gasteiger charge is -2.35. The van der Waals surface area contributed by atoms with Crippen LogP contribution < -0.4 is 16.0 Å². The maximum Gasteiger partial charge on any atom is 0.150 e. The van der Waals surface area contributed by atoms with E-state index >= 15 is 4.39 Å². The molecule has 0 saturated carbocycles. The van der Waals surface area contributed by atoms with Gasteiger partial charge in [0.25, 0.3) is 0 Å². The molecule has 1 atom stereocenters. The first-order chi connectivity index (χ1) is 15.5. The van der Waals surface area contributed by atoms with Crippen LogP contribution in [0, 0.1) is 5.82 Å². The Kier molecular flexibility index (Phi) is 5.27. The molecular formula is C25H26FN5O. The van der Waals surface area contributed by atoms with Crippen LogP contribution in [0.15, 0.2) is 49.2 Å².